The number of hydrogen-bond acceptors (Lipinski definition) is 6. The van der Waals surface area contributed by atoms with E-state index in [1.165, 1.54) is 27.4 Å². The van der Waals surface area contributed by atoms with Crippen LogP contribution in [-0.2, 0) is 27.3 Å². The molecule has 0 unspecified atom stereocenters. The lowest BCUT2D eigenvalue weighted by Gasteiger charge is -2.26. The lowest BCUT2D eigenvalue weighted by Crippen LogP contribution is -2.39. The van der Waals surface area contributed by atoms with Crippen LogP contribution in [0.15, 0.2) is 84.1 Å². The Morgan fingerprint density at radius 2 is 1.79 bits per heavy atom. The van der Waals surface area contributed by atoms with Gasteiger partial charge in [0.2, 0.25) is 10.9 Å². The molecule has 0 N–H and O–H groups in total. The molecule has 12 heteroatoms. The molecule has 0 spiro atoms. The highest BCUT2D eigenvalue weighted by Gasteiger charge is 2.74. The number of piperidine rings is 1. The van der Waals surface area contributed by atoms with Crippen molar-refractivity contribution in [1.29, 1.82) is 0 Å². The highest BCUT2D eigenvalue weighted by Crippen LogP contribution is 2.66. The van der Waals surface area contributed by atoms with Crippen LogP contribution in [0.25, 0.3) is 16.6 Å². The Labute approximate surface area is 242 Å². The number of nitrogens with zero attached hydrogens (tertiary/aromatic N) is 7. The van der Waals surface area contributed by atoms with Crippen LogP contribution in [0.2, 0.25) is 0 Å². The van der Waals surface area contributed by atoms with E-state index in [9.17, 15) is 17.6 Å². The van der Waals surface area contributed by atoms with Gasteiger partial charge in [0.05, 0.1) is 29.5 Å². The Morgan fingerprint density at radius 3 is 2.48 bits per heavy atom. The molecule has 3 heterocycles. The Bertz CT molecular complexity index is 1960. The maximum Gasteiger partial charge on any atom is 0.264 e. The predicted molar refractivity (Wildman–Crippen MR) is 154 cm³/mol. The maximum atomic E-state index is 14.0. The van der Waals surface area contributed by atoms with Crippen molar-refractivity contribution in [3.63, 3.8) is 0 Å². The molecule has 1 aliphatic carbocycles. The number of aryl methyl sites for hydroxylation is 2. The van der Waals surface area contributed by atoms with Gasteiger partial charge in [0.15, 0.2) is 0 Å². The third kappa shape index (κ3) is 3.89. The van der Waals surface area contributed by atoms with Crippen LogP contribution in [0, 0.1) is 24.6 Å². The molecule has 1 saturated heterocycles. The summed E-state index contributed by atoms with van der Waals surface area (Å²) in [6.07, 6.45) is 2.99. The number of amides is 1. The molecule has 1 aliphatic heterocycles. The molecule has 214 valence electrons. The molecular formula is C30H28FN7O3S. The molecular weight excluding hydrogens is 557 g/mol. The van der Waals surface area contributed by atoms with Crippen molar-refractivity contribution in [2.75, 3.05) is 25.0 Å². The zero-order chi connectivity index (χ0) is 29.4. The molecule has 2 aliphatic rings. The second kappa shape index (κ2) is 9.30. The number of rotatable bonds is 6. The van der Waals surface area contributed by atoms with Crippen LogP contribution in [-0.4, -0.2) is 63.5 Å². The van der Waals surface area contributed by atoms with Crippen molar-refractivity contribution < 1.29 is 17.6 Å². The van der Waals surface area contributed by atoms with Crippen molar-refractivity contribution in [3.05, 3.63) is 96.1 Å². The highest BCUT2D eigenvalue weighted by molar-refractivity contribution is 7.89. The first-order valence-electron chi connectivity index (χ1n) is 13.5. The first-order chi connectivity index (χ1) is 20.1. The number of anilines is 1. The van der Waals surface area contributed by atoms with E-state index in [-0.39, 0.29) is 35.8 Å². The standard InChI is InChI=1S/C30H28FN7O3S/c1-19-13-26-20(15-33-38(26)23-11-9-21(31)10-12-23)14-24(19)30-18-37(42(40,41)27-16-32-36(3)34-27)17-25(30)28(30)29(39)35(2)22-7-5-4-6-8-22/h4-16,25,28H,17-18H2,1-3H3/t25-,28+,30+/m1/s1. The smallest absolute Gasteiger partial charge is 0.264 e. The molecule has 7 rings (SSSR count). The number of sulfonamides is 1. The summed E-state index contributed by atoms with van der Waals surface area (Å²) in [5.74, 6) is -1.000. The van der Waals surface area contributed by atoms with Crippen LogP contribution in [0.1, 0.15) is 11.1 Å². The minimum atomic E-state index is -3.91. The second-order valence-electron chi connectivity index (χ2n) is 11.1. The van der Waals surface area contributed by atoms with Crippen molar-refractivity contribution in [3.8, 4) is 5.69 Å². The monoisotopic (exact) mass is 585 g/mol. The topological polar surface area (TPSA) is 106 Å². The Morgan fingerprint density at radius 1 is 1.05 bits per heavy atom. The molecule has 0 radical (unpaired) electrons. The van der Waals surface area contributed by atoms with Crippen molar-refractivity contribution in [1.82, 2.24) is 29.1 Å². The van der Waals surface area contributed by atoms with Gasteiger partial charge in [-0.05, 0) is 72.5 Å². The number of aromatic nitrogens is 5. The zero-order valence-corrected chi connectivity index (χ0v) is 24.0. The molecule has 0 bridgehead atoms. The number of para-hydroxylation sites is 1. The van der Waals surface area contributed by atoms with Gasteiger partial charge >= 0.3 is 0 Å². The first-order valence-corrected chi connectivity index (χ1v) is 15.0. The lowest BCUT2D eigenvalue weighted by molar-refractivity contribution is -0.120. The third-order valence-corrected chi connectivity index (χ3v) is 10.4. The van der Waals surface area contributed by atoms with Crippen LogP contribution in [0.5, 0.6) is 0 Å². The van der Waals surface area contributed by atoms with E-state index in [1.807, 2.05) is 49.4 Å². The number of hydrogen-bond donors (Lipinski definition) is 0. The summed E-state index contributed by atoms with van der Waals surface area (Å²) in [6.45, 7) is 2.32. The molecule has 1 amide bonds. The fourth-order valence-corrected chi connectivity index (χ4v) is 8.05. The molecule has 3 atom stereocenters. The average molecular weight is 586 g/mol. The Balaban J connectivity index is 1.31. The molecule has 1 saturated carbocycles. The summed E-state index contributed by atoms with van der Waals surface area (Å²) in [5, 5.41) is 13.3. The summed E-state index contributed by atoms with van der Waals surface area (Å²) in [5.41, 5.74) is 3.47. The number of fused-ring (bicyclic) bond motifs is 2. The molecule has 10 nitrogen and oxygen atoms in total. The summed E-state index contributed by atoms with van der Waals surface area (Å²) in [4.78, 5) is 16.9. The van der Waals surface area contributed by atoms with E-state index in [2.05, 4.69) is 15.3 Å². The van der Waals surface area contributed by atoms with Gasteiger partial charge in [-0.25, -0.2) is 17.5 Å². The molecule has 42 heavy (non-hydrogen) atoms. The highest BCUT2D eigenvalue weighted by atomic mass is 32.2. The van der Waals surface area contributed by atoms with Crippen molar-refractivity contribution in [2.45, 2.75) is 17.4 Å². The lowest BCUT2D eigenvalue weighted by atomic mass is 9.88. The van der Waals surface area contributed by atoms with Gasteiger partial charge < -0.3 is 4.90 Å². The third-order valence-electron chi connectivity index (χ3n) is 8.76. The van der Waals surface area contributed by atoms with Crippen LogP contribution < -0.4 is 4.90 Å². The average Bonchev–Trinajstić information content (AvgIpc) is 3.41. The van der Waals surface area contributed by atoms with Crippen LogP contribution >= 0.6 is 0 Å². The van der Waals surface area contributed by atoms with Crippen LogP contribution in [0.4, 0.5) is 10.1 Å². The maximum absolute atomic E-state index is 14.0. The summed E-state index contributed by atoms with van der Waals surface area (Å²) in [7, 11) is -0.582. The summed E-state index contributed by atoms with van der Waals surface area (Å²) in [6, 6.07) is 19.6. The fourth-order valence-electron chi connectivity index (χ4n) is 6.64. The van der Waals surface area contributed by atoms with Gasteiger partial charge in [-0.1, -0.05) is 18.2 Å². The normalized spacial score (nSPS) is 21.9. The van der Waals surface area contributed by atoms with E-state index < -0.39 is 21.4 Å². The minimum Gasteiger partial charge on any atom is -0.315 e. The number of halogens is 1. The number of benzene rings is 3. The van der Waals surface area contributed by atoms with E-state index in [4.69, 9.17) is 0 Å². The SMILES string of the molecule is Cc1cc2c(cnn2-c2ccc(F)cc2)cc1[C@@]12CN(S(=O)(=O)c3cnn(C)n3)C[C@@H]1[C@H]2C(=O)N(C)c1ccccc1. The van der Waals surface area contributed by atoms with Crippen molar-refractivity contribution >= 4 is 32.5 Å². The van der Waals surface area contributed by atoms with Gasteiger partial charge in [0.25, 0.3) is 10.0 Å². The van der Waals surface area contributed by atoms with Gasteiger partial charge in [0, 0.05) is 43.7 Å². The predicted octanol–water partition coefficient (Wildman–Crippen LogP) is 3.45. The van der Waals surface area contributed by atoms with Crippen molar-refractivity contribution in [2.24, 2.45) is 18.9 Å². The fraction of sp³-hybridized carbons (Fsp3) is 0.267. The van der Waals surface area contributed by atoms with Gasteiger partial charge in [-0.15, -0.1) is 5.10 Å². The molecule has 2 aromatic heterocycles. The summed E-state index contributed by atoms with van der Waals surface area (Å²) < 4.78 is 43.9. The van der Waals surface area contributed by atoms with Gasteiger partial charge in [-0.2, -0.15) is 19.3 Å². The zero-order valence-electron chi connectivity index (χ0n) is 23.2. The van der Waals surface area contributed by atoms with Crippen LogP contribution in [0.3, 0.4) is 0 Å². The van der Waals surface area contributed by atoms with Gasteiger partial charge in [-0.3, -0.25) is 4.79 Å². The largest absolute Gasteiger partial charge is 0.315 e. The molecule has 3 aromatic carbocycles. The number of carbonyl (C=O) groups excluding carboxylic acids is 1. The van der Waals surface area contributed by atoms with E-state index in [1.54, 1.807) is 42.0 Å². The van der Waals surface area contributed by atoms with Gasteiger partial charge in [0.1, 0.15) is 5.82 Å². The van der Waals surface area contributed by atoms with E-state index in [0.717, 1.165) is 33.4 Å². The first kappa shape index (κ1) is 26.5. The minimum absolute atomic E-state index is 0.0516. The Kier molecular flexibility index (Phi) is 5.86. The Hall–Kier alpha value is -4.42. The number of carbonyl (C=O) groups is 1. The second-order valence-corrected chi connectivity index (χ2v) is 13.0. The van der Waals surface area contributed by atoms with E-state index >= 15 is 0 Å². The molecule has 2 fully saturated rings. The quantitative estimate of drug-likeness (QED) is 0.302. The summed E-state index contributed by atoms with van der Waals surface area (Å²) >= 11 is 0. The molecule has 5 aromatic rings. The van der Waals surface area contributed by atoms with E-state index in [0.29, 0.717) is 0 Å².